The lowest BCUT2D eigenvalue weighted by Gasteiger charge is -2.11. The molecule has 2 rings (SSSR count). The Morgan fingerprint density at radius 1 is 1.19 bits per heavy atom. The van der Waals surface area contributed by atoms with E-state index in [0.717, 1.165) is 5.56 Å². The number of para-hydroxylation sites is 1. The van der Waals surface area contributed by atoms with Crippen LogP contribution < -0.4 is 10.6 Å². The number of carboxylic acid groups (broad SMARTS) is 1. The van der Waals surface area contributed by atoms with Gasteiger partial charge in [-0.05, 0) is 30.8 Å². The van der Waals surface area contributed by atoms with E-state index in [4.69, 9.17) is 5.11 Å². The molecular weight excluding hydrogens is 270 g/mol. The van der Waals surface area contributed by atoms with Gasteiger partial charge in [0.25, 0.3) is 5.91 Å². The normalized spacial score (nSPS) is 10.1. The summed E-state index contributed by atoms with van der Waals surface area (Å²) >= 11 is 0. The van der Waals surface area contributed by atoms with Gasteiger partial charge in [0.1, 0.15) is 5.69 Å². The second kappa shape index (κ2) is 6.62. The van der Waals surface area contributed by atoms with Crippen LogP contribution >= 0.6 is 0 Å². The Labute approximate surface area is 121 Å². The molecule has 0 saturated heterocycles. The van der Waals surface area contributed by atoms with Crippen molar-refractivity contribution in [1.82, 2.24) is 10.3 Å². The molecule has 6 heteroatoms. The maximum absolute atomic E-state index is 12.2. The van der Waals surface area contributed by atoms with Crippen molar-refractivity contribution in [3.63, 3.8) is 0 Å². The largest absolute Gasteiger partial charge is 0.478 e. The molecule has 0 aliphatic heterocycles. The topological polar surface area (TPSA) is 91.3 Å². The fraction of sp³-hybridized carbons (Fsp3) is 0.133. The Morgan fingerprint density at radius 3 is 2.67 bits per heavy atom. The third kappa shape index (κ3) is 3.43. The van der Waals surface area contributed by atoms with E-state index in [2.05, 4.69) is 15.6 Å². The molecule has 1 aromatic carbocycles. The highest BCUT2D eigenvalue weighted by molar-refractivity contribution is 6.09. The number of nitrogens with zero attached hydrogens (tertiary/aromatic N) is 1. The molecule has 0 atom stereocenters. The summed E-state index contributed by atoms with van der Waals surface area (Å²) in [5, 5.41) is 14.8. The number of benzene rings is 1. The van der Waals surface area contributed by atoms with Crippen LogP contribution in [0.1, 0.15) is 26.4 Å². The minimum Gasteiger partial charge on any atom is -0.478 e. The van der Waals surface area contributed by atoms with Crippen LogP contribution in [0.15, 0.2) is 42.6 Å². The molecule has 1 aromatic heterocycles. The minimum atomic E-state index is -1.18. The summed E-state index contributed by atoms with van der Waals surface area (Å²) in [7, 11) is 1.81. The number of carboxylic acids is 1. The van der Waals surface area contributed by atoms with Crippen molar-refractivity contribution in [3.8, 4) is 0 Å². The van der Waals surface area contributed by atoms with E-state index in [0.29, 0.717) is 12.2 Å². The van der Waals surface area contributed by atoms with E-state index in [9.17, 15) is 9.59 Å². The quantitative estimate of drug-likeness (QED) is 0.778. The molecule has 0 unspecified atom stereocenters. The fourth-order valence-electron chi connectivity index (χ4n) is 1.93. The molecule has 0 aliphatic carbocycles. The third-order valence-electron chi connectivity index (χ3n) is 2.89. The first-order valence-corrected chi connectivity index (χ1v) is 6.35. The van der Waals surface area contributed by atoms with Gasteiger partial charge in [0.2, 0.25) is 0 Å². The van der Waals surface area contributed by atoms with Gasteiger partial charge in [-0.1, -0.05) is 18.2 Å². The first-order chi connectivity index (χ1) is 10.1. The molecule has 1 amide bonds. The van der Waals surface area contributed by atoms with Gasteiger partial charge in [-0.3, -0.25) is 9.78 Å². The lowest BCUT2D eigenvalue weighted by molar-refractivity contribution is 0.0691. The van der Waals surface area contributed by atoms with Crippen molar-refractivity contribution in [2.45, 2.75) is 6.54 Å². The summed E-state index contributed by atoms with van der Waals surface area (Å²) in [5.74, 6) is -1.73. The van der Waals surface area contributed by atoms with Crippen LogP contribution in [-0.4, -0.2) is 29.0 Å². The molecule has 0 radical (unpaired) electrons. The number of hydrogen-bond donors (Lipinski definition) is 3. The Morgan fingerprint density at radius 2 is 1.95 bits per heavy atom. The zero-order valence-electron chi connectivity index (χ0n) is 11.5. The predicted molar refractivity (Wildman–Crippen MR) is 78.4 cm³/mol. The number of pyridine rings is 1. The maximum atomic E-state index is 12.2. The Kier molecular flexibility index (Phi) is 4.63. The van der Waals surface area contributed by atoms with Gasteiger partial charge in [0, 0.05) is 18.4 Å². The summed E-state index contributed by atoms with van der Waals surface area (Å²) in [6.45, 7) is 0.588. The predicted octanol–water partition coefficient (Wildman–Crippen LogP) is 1.75. The highest BCUT2D eigenvalue weighted by atomic mass is 16.4. The van der Waals surface area contributed by atoms with E-state index < -0.39 is 11.9 Å². The van der Waals surface area contributed by atoms with Gasteiger partial charge in [-0.15, -0.1) is 0 Å². The summed E-state index contributed by atoms with van der Waals surface area (Å²) in [6.07, 6.45) is 1.39. The summed E-state index contributed by atoms with van der Waals surface area (Å²) in [6, 6.07) is 10.1. The van der Waals surface area contributed by atoms with E-state index >= 15 is 0 Å². The van der Waals surface area contributed by atoms with Crippen molar-refractivity contribution in [3.05, 3.63) is 59.4 Å². The van der Waals surface area contributed by atoms with Crippen LogP contribution in [0.25, 0.3) is 0 Å². The Bertz CT molecular complexity index is 671. The minimum absolute atomic E-state index is 0.107. The summed E-state index contributed by atoms with van der Waals surface area (Å²) in [5.41, 5.74) is 1.30. The molecule has 2 aromatic rings. The van der Waals surface area contributed by atoms with Gasteiger partial charge in [-0.2, -0.15) is 0 Å². The summed E-state index contributed by atoms with van der Waals surface area (Å²) in [4.78, 5) is 27.2. The summed E-state index contributed by atoms with van der Waals surface area (Å²) < 4.78 is 0. The van der Waals surface area contributed by atoms with E-state index in [1.54, 1.807) is 19.2 Å². The number of nitrogens with one attached hydrogen (secondary N) is 2. The van der Waals surface area contributed by atoms with Gasteiger partial charge < -0.3 is 15.7 Å². The zero-order chi connectivity index (χ0) is 15.2. The molecule has 0 spiro atoms. The molecular formula is C15H15N3O3. The molecule has 21 heavy (non-hydrogen) atoms. The fourth-order valence-corrected chi connectivity index (χ4v) is 1.93. The molecule has 0 aliphatic rings. The van der Waals surface area contributed by atoms with Crippen LogP contribution in [0, 0.1) is 0 Å². The van der Waals surface area contributed by atoms with Crippen molar-refractivity contribution in [2.75, 3.05) is 12.4 Å². The smallest absolute Gasteiger partial charge is 0.338 e. The second-order valence-electron chi connectivity index (χ2n) is 4.35. The average molecular weight is 285 g/mol. The lowest BCUT2D eigenvalue weighted by Crippen LogP contribution is -2.19. The zero-order valence-corrected chi connectivity index (χ0v) is 11.5. The number of carbonyl (C=O) groups is 2. The lowest BCUT2D eigenvalue weighted by atomic mass is 10.1. The molecule has 3 N–H and O–H groups in total. The maximum Gasteiger partial charge on any atom is 0.338 e. The van der Waals surface area contributed by atoms with E-state index in [1.807, 2.05) is 12.1 Å². The first-order valence-electron chi connectivity index (χ1n) is 6.35. The first kappa shape index (κ1) is 14.7. The van der Waals surface area contributed by atoms with Gasteiger partial charge in [0.15, 0.2) is 0 Å². The number of carbonyl (C=O) groups excluding carboxylic acids is 1. The van der Waals surface area contributed by atoms with Crippen molar-refractivity contribution < 1.29 is 14.7 Å². The third-order valence-corrected chi connectivity index (χ3v) is 2.89. The Hall–Kier alpha value is -2.73. The van der Waals surface area contributed by atoms with Crippen LogP contribution in [0.4, 0.5) is 5.69 Å². The van der Waals surface area contributed by atoms with Crippen molar-refractivity contribution in [1.29, 1.82) is 0 Å². The SMILES string of the molecule is CNCc1ccccc1NC(=O)c1ncccc1C(=O)O. The molecule has 0 saturated carbocycles. The number of amides is 1. The molecule has 0 fully saturated rings. The molecule has 1 heterocycles. The van der Waals surface area contributed by atoms with Gasteiger partial charge in [-0.25, -0.2) is 4.79 Å². The van der Waals surface area contributed by atoms with Crippen LogP contribution in [0.3, 0.4) is 0 Å². The van der Waals surface area contributed by atoms with Crippen molar-refractivity contribution >= 4 is 17.6 Å². The van der Waals surface area contributed by atoms with Crippen LogP contribution in [0.5, 0.6) is 0 Å². The number of hydrogen-bond acceptors (Lipinski definition) is 4. The van der Waals surface area contributed by atoms with E-state index in [1.165, 1.54) is 18.3 Å². The van der Waals surface area contributed by atoms with Gasteiger partial charge in [0.05, 0.1) is 5.56 Å². The number of aromatic nitrogens is 1. The van der Waals surface area contributed by atoms with Gasteiger partial charge >= 0.3 is 5.97 Å². The average Bonchev–Trinajstić information content (AvgIpc) is 2.49. The Balaban J connectivity index is 2.29. The second-order valence-corrected chi connectivity index (χ2v) is 4.35. The monoisotopic (exact) mass is 285 g/mol. The highest BCUT2D eigenvalue weighted by Gasteiger charge is 2.18. The van der Waals surface area contributed by atoms with Crippen molar-refractivity contribution in [2.24, 2.45) is 0 Å². The standard InChI is InChI=1S/C15H15N3O3/c1-16-9-10-5-2-3-7-12(10)18-14(19)13-11(15(20)21)6-4-8-17-13/h2-8,16H,9H2,1H3,(H,18,19)(H,20,21). The molecule has 0 bridgehead atoms. The van der Waals surface area contributed by atoms with E-state index in [-0.39, 0.29) is 11.3 Å². The number of anilines is 1. The molecule has 6 nitrogen and oxygen atoms in total. The van der Waals surface area contributed by atoms with Crippen LogP contribution in [0.2, 0.25) is 0 Å². The van der Waals surface area contributed by atoms with Crippen LogP contribution in [-0.2, 0) is 6.54 Å². The highest BCUT2D eigenvalue weighted by Crippen LogP contribution is 2.16. The number of rotatable bonds is 5. The molecule has 108 valence electrons. The number of aromatic carboxylic acids is 1.